The van der Waals surface area contributed by atoms with Gasteiger partial charge in [0.05, 0.1) is 24.9 Å². The first kappa shape index (κ1) is 16.1. The first-order valence-corrected chi connectivity index (χ1v) is 6.67. The Kier molecular flexibility index (Phi) is 4.49. The molecule has 0 aromatic rings. The topological polar surface area (TPSA) is 151 Å². The van der Waals surface area contributed by atoms with Gasteiger partial charge < -0.3 is 35.8 Å². The molecule has 0 aliphatic carbocycles. The lowest BCUT2D eigenvalue weighted by Crippen LogP contribution is -2.57. The molecule has 2 aliphatic heterocycles. The third-order valence-corrected chi connectivity index (χ3v) is 4.10. The summed E-state index contributed by atoms with van der Waals surface area (Å²) in [5.41, 5.74) is 3.74. The lowest BCUT2D eigenvalue weighted by Gasteiger charge is -2.36. The van der Waals surface area contributed by atoms with E-state index in [9.17, 15) is 19.8 Å². The van der Waals surface area contributed by atoms with Crippen molar-refractivity contribution >= 4 is 11.9 Å². The molecular weight excluding hydrogens is 284 g/mol. The van der Waals surface area contributed by atoms with Gasteiger partial charge in [0.2, 0.25) is 0 Å². The van der Waals surface area contributed by atoms with Crippen LogP contribution in [0.3, 0.4) is 0 Å². The van der Waals surface area contributed by atoms with E-state index in [1.54, 1.807) is 7.05 Å². The molecule has 0 unspecified atom stereocenters. The van der Waals surface area contributed by atoms with Crippen LogP contribution < -0.4 is 11.1 Å². The number of carbonyl (C=O) groups is 2. The smallest absolute Gasteiger partial charge is 0.336 e. The quantitative estimate of drug-likeness (QED) is 0.379. The Bertz CT molecular complexity index is 432. The highest BCUT2D eigenvalue weighted by Crippen LogP contribution is 2.40. The molecule has 0 radical (unpaired) electrons. The molecule has 2 saturated heterocycles. The van der Waals surface area contributed by atoms with Gasteiger partial charge in [0, 0.05) is 12.8 Å². The van der Waals surface area contributed by atoms with Gasteiger partial charge in [-0.15, -0.1) is 0 Å². The van der Waals surface area contributed by atoms with Crippen LogP contribution in [-0.4, -0.2) is 76.9 Å². The van der Waals surface area contributed by atoms with E-state index in [0.29, 0.717) is 0 Å². The fraction of sp³-hybridized carbons (Fsp3) is 0.833. The van der Waals surface area contributed by atoms with Gasteiger partial charge in [0.25, 0.3) is 0 Å². The van der Waals surface area contributed by atoms with Gasteiger partial charge in [-0.3, -0.25) is 4.79 Å². The summed E-state index contributed by atoms with van der Waals surface area (Å²) in [6, 6.07) is -1.83. The zero-order valence-electron chi connectivity index (χ0n) is 11.6. The molecule has 0 bridgehead atoms. The van der Waals surface area contributed by atoms with Crippen molar-refractivity contribution in [2.24, 2.45) is 5.73 Å². The van der Waals surface area contributed by atoms with Crippen LogP contribution in [0.15, 0.2) is 0 Å². The summed E-state index contributed by atoms with van der Waals surface area (Å²) in [4.78, 5) is 22.5. The Labute approximate surface area is 121 Å². The van der Waals surface area contributed by atoms with E-state index in [4.69, 9.17) is 20.3 Å². The van der Waals surface area contributed by atoms with Crippen molar-refractivity contribution in [3.8, 4) is 0 Å². The summed E-state index contributed by atoms with van der Waals surface area (Å²) in [7, 11) is 1.63. The van der Waals surface area contributed by atoms with E-state index in [0.717, 1.165) is 0 Å². The highest BCUT2D eigenvalue weighted by molar-refractivity contribution is 5.81. The third kappa shape index (κ3) is 2.87. The van der Waals surface area contributed by atoms with Crippen molar-refractivity contribution < 1.29 is 34.4 Å². The second-order valence-electron chi connectivity index (χ2n) is 5.49. The average Bonchev–Trinajstić information content (AvgIpc) is 2.78. The van der Waals surface area contributed by atoms with Gasteiger partial charge in [-0.2, -0.15) is 0 Å². The number of rotatable bonds is 5. The lowest BCUT2D eigenvalue weighted by molar-refractivity contribution is -0.175. The van der Waals surface area contributed by atoms with Crippen LogP contribution in [0.1, 0.15) is 12.8 Å². The third-order valence-electron chi connectivity index (χ3n) is 4.10. The molecule has 9 heteroatoms. The van der Waals surface area contributed by atoms with E-state index < -0.39 is 47.9 Å². The summed E-state index contributed by atoms with van der Waals surface area (Å²) >= 11 is 0. The Morgan fingerprint density at radius 3 is 2.67 bits per heavy atom. The number of aliphatic hydroxyl groups excluding tert-OH is 1. The Hall–Kier alpha value is -1.26. The summed E-state index contributed by atoms with van der Waals surface area (Å²) in [5.74, 6) is -2.57. The van der Waals surface area contributed by atoms with E-state index in [1.165, 1.54) is 0 Å². The SMILES string of the molecule is CN[C@@H]1[C@H]2O[C@@](C[C@H](N)C(=O)O)(C(=O)O)C[C@H]2OC[C@H]1O. The monoisotopic (exact) mass is 304 g/mol. The maximum Gasteiger partial charge on any atom is 0.336 e. The number of nitrogens with one attached hydrogen (secondary N) is 1. The summed E-state index contributed by atoms with van der Waals surface area (Å²) in [6.07, 6.45) is -2.38. The zero-order valence-corrected chi connectivity index (χ0v) is 11.6. The van der Waals surface area contributed by atoms with E-state index in [-0.39, 0.29) is 19.4 Å². The number of ether oxygens (including phenoxy) is 2. The lowest BCUT2D eigenvalue weighted by atomic mass is 9.89. The van der Waals surface area contributed by atoms with E-state index >= 15 is 0 Å². The Balaban J connectivity index is 2.22. The fourth-order valence-electron chi connectivity index (χ4n) is 2.98. The first-order chi connectivity index (χ1) is 9.80. The van der Waals surface area contributed by atoms with Crippen molar-refractivity contribution in [3.63, 3.8) is 0 Å². The van der Waals surface area contributed by atoms with Crippen LogP contribution in [0.2, 0.25) is 0 Å². The molecule has 2 aliphatic rings. The molecule has 9 nitrogen and oxygen atoms in total. The minimum Gasteiger partial charge on any atom is -0.480 e. The Morgan fingerprint density at radius 1 is 1.48 bits per heavy atom. The molecule has 120 valence electrons. The number of fused-ring (bicyclic) bond motifs is 1. The highest BCUT2D eigenvalue weighted by Gasteiger charge is 2.57. The van der Waals surface area contributed by atoms with Crippen molar-refractivity contribution in [1.82, 2.24) is 5.32 Å². The molecule has 2 fully saturated rings. The molecule has 0 spiro atoms. The van der Waals surface area contributed by atoms with Crippen LogP contribution in [0.25, 0.3) is 0 Å². The molecule has 0 amide bonds. The highest BCUT2D eigenvalue weighted by atomic mass is 16.6. The number of hydrogen-bond acceptors (Lipinski definition) is 7. The van der Waals surface area contributed by atoms with E-state index in [1.807, 2.05) is 0 Å². The minimum atomic E-state index is -1.72. The standard InChI is InChI=1S/C12H20N2O7/c1-14-8-6(15)4-20-7-3-12(11(18)19,21-9(7)8)2-5(13)10(16)17/h5-9,14-15H,2-4,13H2,1H3,(H,16,17)(H,18,19)/t5-,6+,7+,8-,9-,12+/m0/s1. The maximum absolute atomic E-state index is 11.6. The van der Waals surface area contributed by atoms with Gasteiger partial charge in [0.1, 0.15) is 12.1 Å². The average molecular weight is 304 g/mol. The van der Waals surface area contributed by atoms with Crippen molar-refractivity contribution in [2.45, 2.75) is 48.8 Å². The van der Waals surface area contributed by atoms with Crippen LogP contribution >= 0.6 is 0 Å². The van der Waals surface area contributed by atoms with Gasteiger partial charge in [-0.1, -0.05) is 0 Å². The largest absolute Gasteiger partial charge is 0.480 e. The molecule has 0 saturated carbocycles. The fourth-order valence-corrected chi connectivity index (χ4v) is 2.98. The van der Waals surface area contributed by atoms with Crippen molar-refractivity contribution in [3.05, 3.63) is 0 Å². The Morgan fingerprint density at radius 2 is 2.14 bits per heavy atom. The van der Waals surface area contributed by atoms with Crippen molar-refractivity contribution in [2.75, 3.05) is 13.7 Å². The number of carboxylic acid groups (broad SMARTS) is 2. The predicted octanol–water partition coefficient (Wildman–Crippen LogP) is -2.25. The zero-order chi connectivity index (χ0) is 15.8. The van der Waals surface area contributed by atoms with Crippen LogP contribution in [-0.2, 0) is 19.1 Å². The van der Waals surface area contributed by atoms with Gasteiger partial charge in [-0.25, -0.2) is 4.79 Å². The van der Waals surface area contributed by atoms with Crippen LogP contribution in [0.4, 0.5) is 0 Å². The molecule has 6 N–H and O–H groups in total. The van der Waals surface area contributed by atoms with Crippen LogP contribution in [0.5, 0.6) is 0 Å². The molecule has 2 heterocycles. The summed E-state index contributed by atoms with van der Waals surface area (Å²) in [5, 5.41) is 31.1. The first-order valence-electron chi connectivity index (χ1n) is 6.67. The second kappa shape index (κ2) is 5.85. The van der Waals surface area contributed by atoms with Gasteiger partial charge in [-0.05, 0) is 7.05 Å². The number of nitrogens with two attached hydrogens (primary N) is 1. The maximum atomic E-state index is 11.6. The molecule has 6 atom stereocenters. The minimum absolute atomic E-state index is 0.00111. The molecule has 2 rings (SSSR count). The van der Waals surface area contributed by atoms with E-state index in [2.05, 4.69) is 5.32 Å². The normalized spacial score (nSPS) is 40.5. The van der Waals surface area contributed by atoms with Gasteiger partial charge >= 0.3 is 11.9 Å². The molecule has 21 heavy (non-hydrogen) atoms. The molecular formula is C12H20N2O7. The number of hydrogen-bond donors (Lipinski definition) is 5. The number of aliphatic carboxylic acids is 2. The number of carboxylic acids is 2. The van der Waals surface area contributed by atoms with Crippen LogP contribution in [0, 0.1) is 0 Å². The summed E-state index contributed by atoms with van der Waals surface area (Å²) < 4.78 is 11.0. The molecule has 0 aromatic carbocycles. The van der Waals surface area contributed by atoms with Crippen molar-refractivity contribution in [1.29, 1.82) is 0 Å². The number of aliphatic hydroxyl groups is 1. The molecule has 0 aromatic heterocycles. The van der Waals surface area contributed by atoms with Gasteiger partial charge in [0.15, 0.2) is 5.60 Å². The second-order valence-corrected chi connectivity index (χ2v) is 5.49. The number of likely N-dealkylation sites (N-methyl/N-ethyl adjacent to an activating group) is 1. The predicted molar refractivity (Wildman–Crippen MR) is 68.7 cm³/mol. The summed E-state index contributed by atoms with van der Waals surface area (Å²) in [6.45, 7) is 0.0662.